The number of hydrogen-bond donors (Lipinski definition) is 2. The number of aliphatic hydroxyl groups is 1. The van der Waals surface area contributed by atoms with E-state index >= 15 is 0 Å². The van der Waals surface area contributed by atoms with Gasteiger partial charge in [-0.05, 0) is 70.4 Å². The summed E-state index contributed by atoms with van der Waals surface area (Å²) in [5.41, 5.74) is -3.20. The molecule has 1 amide bonds. The number of carbonyl (C=O) groups is 3. The number of nitrogens with zero attached hydrogens (tertiary/aromatic N) is 4. The molecule has 0 radical (unpaired) electrons. The number of carbonyl (C=O) groups excluding carboxylic acids is 3. The third-order valence-corrected chi connectivity index (χ3v) is 9.42. The molecule has 3 aromatic rings. The molecule has 1 aliphatic heterocycles. The summed E-state index contributed by atoms with van der Waals surface area (Å²) < 4.78 is 33.7. The SMILES string of the molecule is C#C[C@]1(CO)O[C@@H](n2cnc3c(NC(=O)OC(C)(C)CC(=O)OCc4oc(=O)oc4C)nc(Cl)nc32)C[C@@H]1OC(=O)C12CCC(CC1)C2. The van der Waals surface area contributed by atoms with Crippen LogP contribution >= 0.6 is 11.6 Å². The van der Waals surface area contributed by atoms with Gasteiger partial charge in [0, 0.05) is 6.42 Å². The van der Waals surface area contributed by atoms with Crippen LogP contribution in [0.4, 0.5) is 10.6 Å². The molecule has 2 N–H and O–H groups in total. The van der Waals surface area contributed by atoms with Gasteiger partial charge >= 0.3 is 23.9 Å². The fraction of sp³-hybridized carbons (Fsp3) is 0.581. The Morgan fingerprint density at radius 2 is 2.00 bits per heavy atom. The topological polar surface area (TPSA) is 207 Å². The van der Waals surface area contributed by atoms with Gasteiger partial charge in [0.05, 0.1) is 24.8 Å². The van der Waals surface area contributed by atoms with Crippen molar-refractivity contribution < 1.29 is 47.3 Å². The second kappa shape index (κ2) is 12.5. The highest BCUT2D eigenvalue weighted by molar-refractivity contribution is 6.28. The highest BCUT2D eigenvalue weighted by Gasteiger charge is 2.56. The van der Waals surface area contributed by atoms with Crippen molar-refractivity contribution in [2.24, 2.45) is 11.3 Å². The maximum atomic E-state index is 13.4. The number of ether oxygens (including phenoxy) is 4. The second-order valence-corrected chi connectivity index (χ2v) is 13.4. The zero-order valence-corrected chi connectivity index (χ0v) is 27.2. The Balaban J connectivity index is 1.13. The number of anilines is 1. The smallest absolute Gasteiger partial charge is 0.457 e. The van der Waals surface area contributed by atoms with Crippen molar-refractivity contribution in [2.75, 3.05) is 11.9 Å². The molecule has 2 saturated carbocycles. The van der Waals surface area contributed by atoms with Crippen molar-refractivity contribution in [1.82, 2.24) is 19.5 Å². The molecule has 0 unspecified atom stereocenters. The summed E-state index contributed by atoms with van der Waals surface area (Å²) in [7, 11) is 0. The molecule has 1 saturated heterocycles. The van der Waals surface area contributed by atoms with Crippen LogP contribution in [-0.2, 0) is 35.1 Å². The van der Waals surface area contributed by atoms with Crippen LogP contribution in [0, 0.1) is 30.6 Å². The number of amides is 1. The second-order valence-electron chi connectivity index (χ2n) is 13.0. The van der Waals surface area contributed by atoms with Gasteiger partial charge in [-0.15, -0.1) is 6.42 Å². The minimum atomic E-state index is -1.61. The molecule has 4 heterocycles. The number of aryl methyl sites for hydroxylation is 1. The van der Waals surface area contributed by atoms with Gasteiger partial charge in [0.2, 0.25) is 5.28 Å². The fourth-order valence-corrected chi connectivity index (χ4v) is 6.91. The highest BCUT2D eigenvalue weighted by atomic mass is 35.5. The van der Waals surface area contributed by atoms with Crippen LogP contribution in [0.5, 0.6) is 0 Å². The zero-order chi connectivity index (χ0) is 34.4. The lowest BCUT2D eigenvalue weighted by atomic mass is 9.84. The maximum absolute atomic E-state index is 13.4. The first-order valence-corrected chi connectivity index (χ1v) is 15.8. The monoisotopic (exact) mass is 687 g/mol. The molecular weight excluding hydrogens is 654 g/mol. The van der Waals surface area contributed by atoms with Gasteiger partial charge in [0.25, 0.3) is 0 Å². The van der Waals surface area contributed by atoms with Crippen molar-refractivity contribution >= 4 is 46.6 Å². The molecule has 16 nitrogen and oxygen atoms in total. The van der Waals surface area contributed by atoms with Crippen LogP contribution in [0.25, 0.3) is 11.2 Å². The summed E-state index contributed by atoms with van der Waals surface area (Å²) >= 11 is 6.23. The van der Waals surface area contributed by atoms with Crippen molar-refractivity contribution in [1.29, 1.82) is 0 Å². The molecule has 256 valence electrons. The molecule has 48 heavy (non-hydrogen) atoms. The molecule has 17 heteroatoms. The molecule has 0 spiro atoms. The highest BCUT2D eigenvalue weighted by Crippen LogP contribution is 2.55. The molecule has 3 fully saturated rings. The van der Waals surface area contributed by atoms with Crippen LogP contribution < -0.4 is 11.1 Å². The third kappa shape index (κ3) is 6.37. The van der Waals surface area contributed by atoms with E-state index in [2.05, 4.69) is 26.2 Å². The molecule has 3 aromatic heterocycles. The molecular formula is C31H34ClN5O11. The minimum absolute atomic E-state index is 0.0605. The van der Waals surface area contributed by atoms with Crippen molar-refractivity contribution in [3.05, 3.63) is 33.7 Å². The number of terminal acetylenes is 1. The van der Waals surface area contributed by atoms with Gasteiger partial charge in [-0.25, -0.2) is 14.6 Å². The lowest BCUT2D eigenvalue weighted by Gasteiger charge is -2.31. The third-order valence-electron chi connectivity index (χ3n) is 9.25. The molecule has 0 aromatic carbocycles. The average Bonchev–Trinajstić information content (AvgIpc) is 3.84. The number of halogens is 1. The van der Waals surface area contributed by atoms with Crippen molar-refractivity contribution in [2.45, 2.75) is 95.9 Å². The van der Waals surface area contributed by atoms with Crippen molar-refractivity contribution in [3.8, 4) is 12.3 Å². The maximum Gasteiger partial charge on any atom is 0.519 e. The van der Waals surface area contributed by atoms with Gasteiger partial charge in [0.15, 0.2) is 40.7 Å². The number of nitrogens with one attached hydrogen (secondary N) is 1. The van der Waals surface area contributed by atoms with E-state index in [1.54, 1.807) is 0 Å². The molecule has 3 aliphatic rings. The predicted octanol–water partition coefficient (Wildman–Crippen LogP) is 3.57. The summed E-state index contributed by atoms with van der Waals surface area (Å²) in [4.78, 5) is 62.6. The Labute approximate surface area is 278 Å². The first-order chi connectivity index (χ1) is 22.7. The van der Waals surface area contributed by atoms with Gasteiger partial charge in [-0.2, -0.15) is 9.97 Å². The standard InChI is InChI=1S/C31H34ClN5O11/c1-5-31(14-38)19(46-25(40)30-8-6-17(11-30)7-9-30)10-20(47-31)37-15-33-22-23(34-26(32)36-24(22)37)35-27(41)48-29(3,4)12-21(39)43-13-18-16(2)44-28(42)45-18/h1,15,17,19-20,38H,6-14H2,2-4H3,(H,34,35,36,41)/t17?,19-,20+,30?,31+/m0/s1. The number of rotatable bonds is 10. The Morgan fingerprint density at radius 3 is 2.62 bits per heavy atom. The van der Waals surface area contributed by atoms with Gasteiger partial charge in [0.1, 0.15) is 17.9 Å². The summed E-state index contributed by atoms with van der Waals surface area (Å²) in [6.45, 7) is 3.53. The van der Waals surface area contributed by atoms with E-state index in [4.69, 9.17) is 45.8 Å². The Morgan fingerprint density at radius 1 is 1.25 bits per heavy atom. The van der Waals surface area contributed by atoms with Crippen LogP contribution in [-0.4, -0.2) is 66.6 Å². The number of hydrogen-bond acceptors (Lipinski definition) is 14. The molecule has 2 aliphatic carbocycles. The summed E-state index contributed by atoms with van der Waals surface area (Å²) in [5.74, 6) is 1.18. The van der Waals surface area contributed by atoms with E-state index in [0.717, 1.165) is 32.1 Å². The fourth-order valence-electron chi connectivity index (χ4n) is 6.75. The number of aliphatic hydroxyl groups excluding tert-OH is 1. The normalized spacial score (nSPS) is 26.4. The van der Waals surface area contributed by atoms with E-state index in [1.807, 2.05) is 0 Å². The first-order valence-electron chi connectivity index (χ1n) is 15.4. The van der Waals surface area contributed by atoms with Gasteiger partial charge in [-0.1, -0.05) is 5.92 Å². The summed E-state index contributed by atoms with van der Waals surface area (Å²) in [6, 6.07) is 0. The van der Waals surface area contributed by atoms with E-state index in [0.29, 0.717) is 5.92 Å². The van der Waals surface area contributed by atoms with Gasteiger partial charge in [-0.3, -0.25) is 19.5 Å². The Bertz CT molecular complexity index is 1850. The molecule has 6 rings (SSSR count). The Kier molecular flexibility index (Phi) is 8.73. The Hall–Kier alpha value is -4.46. The number of fused-ring (bicyclic) bond motifs is 3. The molecule has 2 bridgehead atoms. The summed E-state index contributed by atoms with van der Waals surface area (Å²) in [6.07, 6.45) is 8.45. The minimum Gasteiger partial charge on any atom is -0.457 e. The first kappa shape index (κ1) is 33.4. The number of esters is 2. The van der Waals surface area contributed by atoms with Crippen LogP contribution in [0.15, 0.2) is 20.0 Å². The van der Waals surface area contributed by atoms with Crippen LogP contribution in [0.3, 0.4) is 0 Å². The summed E-state index contributed by atoms with van der Waals surface area (Å²) in [5, 5.41) is 12.5. The predicted molar refractivity (Wildman–Crippen MR) is 163 cm³/mol. The lowest BCUT2D eigenvalue weighted by Crippen LogP contribution is -2.46. The van der Waals surface area contributed by atoms with E-state index < -0.39 is 53.4 Å². The average molecular weight is 688 g/mol. The van der Waals surface area contributed by atoms with Crippen molar-refractivity contribution in [3.63, 3.8) is 0 Å². The number of aromatic nitrogens is 4. The lowest BCUT2D eigenvalue weighted by molar-refractivity contribution is -0.170. The number of imidazole rings is 1. The largest absolute Gasteiger partial charge is 0.519 e. The van der Waals surface area contributed by atoms with E-state index in [1.165, 1.54) is 31.7 Å². The van der Waals surface area contributed by atoms with E-state index in [-0.39, 0.29) is 59.2 Å². The van der Waals surface area contributed by atoms with Crippen LogP contribution in [0.1, 0.15) is 76.5 Å². The quantitative estimate of drug-likeness (QED) is 0.135. The van der Waals surface area contributed by atoms with Crippen LogP contribution in [0.2, 0.25) is 5.28 Å². The zero-order valence-electron chi connectivity index (χ0n) is 26.4. The van der Waals surface area contributed by atoms with E-state index in [9.17, 15) is 24.3 Å². The van der Waals surface area contributed by atoms with Gasteiger partial charge < -0.3 is 32.9 Å². The molecule has 3 atom stereocenters.